The Balaban J connectivity index is 3.20. The molecule has 1 unspecified atom stereocenters. The summed E-state index contributed by atoms with van der Waals surface area (Å²) in [5.41, 5.74) is 5.80. The van der Waals surface area contributed by atoms with Crippen molar-refractivity contribution in [2.45, 2.75) is 38.8 Å². The highest BCUT2D eigenvalue weighted by Gasteiger charge is 2.26. The summed E-state index contributed by atoms with van der Waals surface area (Å²) in [6.45, 7) is 7.89. The highest BCUT2D eigenvalue weighted by atomic mass is 79.9. The van der Waals surface area contributed by atoms with Crippen LogP contribution in [0.3, 0.4) is 0 Å². The zero-order valence-electron chi connectivity index (χ0n) is 10.3. The Bertz CT molecular complexity index is 380. The first-order valence-corrected chi connectivity index (χ1v) is 6.17. The number of hydrogen-bond acceptors (Lipinski definition) is 1. The fourth-order valence-electron chi connectivity index (χ4n) is 1.57. The molecule has 0 radical (unpaired) electrons. The first-order chi connectivity index (χ1) is 7.18. The van der Waals surface area contributed by atoms with Crippen molar-refractivity contribution in [3.05, 3.63) is 33.8 Å². The van der Waals surface area contributed by atoms with E-state index in [1.165, 1.54) is 12.5 Å². The molecule has 90 valence electrons. The van der Waals surface area contributed by atoms with E-state index in [4.69, 9.17) is 5.73 Å². The molecule has 0 spiro atoms. The Morgan fingerprint density at radius 3 is 2.19 bits per heavy atom. The van der Waals surface area contributed by atoms with Gasteiger partial charge in [-0.1, -0.05) is 48.8 Å². The molecule has 0 bridgehead atoms. The SMILES string of the molecule is CC(C)(C)c1ccc(C(C)(F)CN)cc1Br. The Morgan fingerprint density at radius 1 is 1.25 bits per heavy atom. The summed E-state index contributed by atoms with van der Waals surface area (Å²) in [6.07, 6.45) is 0. The maximum Gasteiger partial charge on any atom is 0.145 e. The lowest BCUT2D eigenvalue weighted by Gasteiger charge is -2.24. The molecule has 2 N–H and O–H groups in total. The lowest BCUT2D eigenvalue weighted by Crippen LogP contribution is -2.26. The van der Waals surface area contributed by atoms with Crippen molar-refractivity contribution in [3.8, 4) is 0 Å². The molecule has 0 aliphatic rings. The Hall–Kier alpha value is -0.410. The van der Waals surface area contributed by atoms with Crippen LogP contribution < -0.4 is 5.73 Å². The largest absolute Gasteiger partial charge is 0.327 e. The predicted octanol–water partition coefficient (Wildman–Crippen LogP) is 3.89. The number of benzene rings is 1. The van der Waals surface area contributed by atoms with Crippen LogP contribution in [-0.4, -0.2) is 6.54 Å². The number of nitrogens with two attached hydrogens (primary N) is 1. The van der Waals surface area contributed by atoms with E-state index in [-0.39, 0.29) is 12.0 Å². The molecule has 0 aliphatic carbocycles. The van der Waals surface area contributed by atoms with Gasteiger partial charge in [0.05, 0.1) is 0 Å². The van der Waals surface area contributed by atoms with Crippen molar-refractivity contribution in [1.29, 1.82) is 0 Å². The number of hydrogen-bond donors (Lipinski definition) is 1. The summed E-state index contributed by atoms with van der Waals surface area (Å²) < 4.78 is 15.0. The first kappa shape index (κ1) is 13.7. The van der Waals surface area contributed by atoms with Gasteiger partial charge in [-0.3, -0.25) is 0 Å². The van der Waals surface area contributed by atoms with Crippen molar-refractivity contribution >= 4 is 15.9 Å². The molecule has 0 aliphatic heterocycles. The Labute approximate surface area is 105 Å². The maximum atomic E-state index is 14.0. The summed E-state index contributed by atoms with van der Waals surface area (Å²) >= 11 is 3.50. The van der Waals surface area contributed by atoms with Crippen LogP contribution in [0, 0.1) is 0 Å². The van der Waals surface area contributed by atoms with Crippen LogP contribution in [0.1, 0.15) is 38.8 Å². The average molecular weight is 288 g/mol. The van der Waals surface area contributed by atoms with E-state index in [1.54, 1.807) is 0 Å². The van der Waals surface area contributed by atoms with Crippen molar-refractivity contribution in [3.63, 3.8) is 0 Å². The number of alkyl halides is 1. The molecule has 3 heteroatoms. The van der Waals surface area contributed by atoms with Crippen molar-refractivity contribution in [2.75, 3.05) is 6.54 Å². The summed E-state index contributed by atoms with van der Waals surface area (Å²) in [4.78, 5) is 0. The van der Waals surface area contributed by atoms with Crippen LogP contribution in [0.5, 0.6) is 0 Å². The van der Waals surface area contributed by atoms with Gasteiger partial charge in [0.2, 0.25) is 0 Å². The van der Waals surface area contributed by atoms with Crippen molar-refractivity contribution in [1.82, 2.24) is 0 Å². The number of rotatable bonds is 2. The Kier molecular flexibility index (Phi) is 3.80. The molecule has 16 heavy (non-hydrogen) atoms. The molecule has 0 heterocycles. The molecule has 0 amide bonds. The second-order valence-corrected chi connectivity index (χ2v) is 6.20. The minimum absolute atomic E-state index is 0.00565. The van der Waals surface area contributed by atoms with Gasteiger partial charge in [0.15, 0.2) is 0 Å². The highest BCUT2D eigenvalue weighted by Crippen LogP contribution is 2.34. The first-order valence-electron chi connectivity index (χ1n) is 5.38. The van der Waals surface area contributed by atoms with E-state index in [9.17, 15) is 4.39 Å². The average Bonchev–Trinajstić information content (AvgIpc) is 2.15. The molecular weight excluding hydrogens is 269 g/mol. The van der Waals surface area contributed by atoms with E-state index in [1.807, 2.05) is 18.2 Å². The third-order valence-electron chi connectivity index (χ3n) is 2.76. The third-order valence-corrected chi connectivity index (χ3v) is 3.42. The van der Waals surface area contributed by atoms with Crippen LogP contribution in [0.4, 0.5) is 4.39 Å². The molecule has 1 aromatic carbocycles. The van der Waals surface area contributed by atoms with Gasteiger partial charge < -0.3 is 5.73 Å². The molecule has 1 atom stereocenters. The van der Waals surface area contributed by atoms with Gasteiger partial charge in [0.25, 0.3) is 0 Å². The predicted molar refractivity (Wildman–Crippen MR) is 70.4 cm³/mol. The van der Waals surface area contributed by atoms with Gasteiger partial charge in [0.1, 0.15) is 5.67 Å². The van der Waals surface area contributed by atoms with E-state index >= 15 is 0 Å². The molecule has 1 rings (SSSR count). The minimum atomic E-state index is -1.46. The quantitative estimate of drug-likeness (QED) is 0.877. The van der Waals surface area contributed by atoms with Crippen molar-refractivity contribution in [2.24, 2.45) is 5.73 Å². The summed E-state index contributed by atoms with van der Waals surface area (Å²) in [7, 11) is 0. The topological polar surface area (TPSA) is 26.0 Å². The van der Waals surface area contributed by atoms with Crippen LogP contribution >= 0.6 is 15.9 Å². The summed E-state index contributed by atoms with van der Waals surface area (Å²) in [5.74, 6) is 0. The molecule has 0 saturated heterocycles. The second-order valence-electron chi connectivity index (χ2n) is 5.35. The molecular formula is C13H19BrFN. The fourth-order valence-corrected chi connectivity index (χ4v) is 2.54. The smallest absolute Gasteiger partial charge is 0.145 e. The third kappa shape index (κ3) is 2.83. The Morgan fingerprint density at radius 2 is 1.81 bits per heavy atom. The molecule has 0 aromatic heterocycles. The lowest BCUT2D eigenvalue weighted by atomic mass is 9.85. The van der Waals surface area contributed by atoms with Gasteiger partial charge in [-0.2, -0.15) is 0 Å². The molecule has 1 nitrogen and oxygen atoms in total. The maximum absolute atomic E-state index is 14.0. The summed E-state index contributed by atoms with van der Waals surface area (Å²) in [6, 6.07) is 5.61. The van der Waals surface area contributed by atoms with Gasteiger partial charge in [0, 0.05) is 11.0 Å². The van der Waals surface area contributed by atoms with Crippen molar-refractivity contribution < 1.29 is 4.39 Å². The van der Waals surface area contributed by atoms with Gasteiger partial charge in [-0.15, -0.1) is 0 Å². The standard InChI is InChI=1S/C13H19BrFN/c1-12(2,3)10-6-5-9(7-11(10)14)13(4,15)8-16/h5-7H,8,16H2,1-4H3. The van der Waals surface area contributed by atoms with Gasteiger partial charge in [-0.25, -0.2) is 4.39 Å². The van der Waals surface area contributed by atoms with E-state index in [0.717, 1.165) is 4.47 Å². The normalized spacial score (nSPS) is 15.9. The van der Waals surface area contributed by atoms with Crippen LogP contribution in [0.2, 0.25) is 0 Å². The van der Waals surface area contributed by atoms with E-state index in [0.29, 0.717) is 5.56 Å². The van der Waals surface area contributed by atoms with Gasteiger partial charge in [-0.05, 0) is 29.5 Å². The second kappa shape index (κ2) is 4.46. The van der Waals surface area contributed by atoms with Crippen LogP contribution in [0.25, 0.3) is 0 Å². The fraction of sp³-hybridized carbons (Fsp3) is 0.538. The zero-order valence-corrected chi connectivity index (χ0v) is 11.9. The minimum Gasteiger partial charge on any atom is -0.327 e. The zero-order chi connectivity index (χ0) is 12.6. The molecule has 0 saturated carbocycles. The lowest BCUT2D eigenvalue weighted by molar-refractivity contribution is 0.203. The van der Waals surface area contributed by atoms with E-state index < -0.39 is 5.67 Å². The van der Waals surface area contributed by atoms with Crippen LogP contribution in [-0.2, 0) is 11.1 Å². The molecule has 1 aromatic rings. The van der Waals surface area contributed by atoms with Crippen LogP contribution in [0.15, 0.2) is 22.7 Å². The summed E-state index contributed by atoms with van der Waals surface area (Å²) in [5, 5.41) is 0. The molecule has 0 fully saturated rings. The van der Waals surface area contributed by atoms with E-state index in [2.05, 4.69) is 36.7 Å². The highest BCUT2D eigenvalue weighted by molar-refractivity contribution is 9.10. The van der Waals surface area contributed by atoms with Gasteiger partial charge >= 0.3 is 0 Å². The number of halogens is 2. The monoisotopic (exact) mass is 287 g/mol.